The minimum absolute atomic E-state index is 0.174. The number of aromatic nitrogens is 2. The molecule has 0 aliphatic carbocycles. The summed E-state index contributed by atoms with van der Waals surface area (Å²) < 4.78 is 5.22. The fourth-order valence-corrected chi connectivity index (χ4v) is 3.28. The van der Waals surface area contributed by atoms with Crippen LogP contribution in [0.5, 0.6) is 5.75 Å². The topological polar surface area (TPSA) is 73.8 Å². The van der Waals surface area contributed by atoms with Crippen molar-refractivity contribution in [2.75, 3.05) is 70.3 Å². The van der Waals surface area contributed by atoms with Gasteiger partial charge < -0.3 is 24.8 Å². The summed E-state index contributed by atoms with van der Waals surface area (Å²) in [4.78, 5) is 27.6. The van der Waals surface area contributed by atoms with Crippen LogP contribution in [0.3, 0.4) is 0 Å². The molecule has 0 saturated carbocycles. The van der Waals surface area contributed by atoms with E-state index in [0.717, 1.165) is 50.7 Å². The van der Waals surface area contributed by atoms with E-state index in [4.69, 9.17) is 4.74 Å². The van der Waals surface area contributed by atoms with E-state index >= 15 is 0 Å². The number of amides is 1. The van der Waals surface area contributed by atoms with Gasteiger partial charge in [-0.05, 0) is 51.3 Å². The first-order chi connectivity index (χ1) is 14.1. The highest BCUT2D eigenvalue weighted by molar-refractivity contribution is 5.91. The van der Waals surface area contributed by atoms with Crippen LogP contribution in [0.15, 0.2) is 36.7 Å². The summed E-state index contributed by atoms with van der Waals surface area (Å²) in [5.74, 6) is 1.50. The van der Waals surface area contributed by atoms with Crippen molar-refractivity contribution in [1.82, 2.24) is 20.2 Å². The molecule has 0 unspecified atom stereocenters. The summed E-state index contributed by atoms with van der Waals surface area (Å²) in [6, 6.07) is 8.13. The third kappa shape index (κ3) is 5.80. The zero-order valence-electron chi connectivity index (χ0n) is 17.5. The number of rotatable bonds is 8. The molecule has 8 heteroatoms. The van der Waals surface area contributed by atoms with Gasteiger partial charge in [-0.3, -0.25) is 4.79 Å². The Morgan fingerprint density at radius 2 is 1.76 bits per heavy atom. The molecule has 2 heterocycles. The van der Waals surface area contributed by atoms with E-state index in [-0.39, 0.29) is 5.91 Å². The highest BCUT2D eigenvalue weighted by atomic mass is 16.5. The zero-order valence-corrected chi connectivity index (χ0v) is 17.5. The molecule has 0 radical (unpaired) electrons. The Hall–Kier alpha value is -2.87. The predicted molar refractivity (Wildman–Crippen MR) is 115 cm³/mol. The summed E-state index contributed by atoms with van der Waals surface area (Å²) in [6.45, 7) is 5.10. The number of methoxy groups -OCH3 is 1. The first kappa shape index (κ1) is 20.9. The summed E-state index contributed by atoms with van der Waals surface area (Å²) in [6.07, 6.45) is 4.16. The van der Waals surface area contributed by atoms with E-state index in [0.29, 0.717) is 12.2 Å². The number of hydrogen-bond acceptors (Lipinski definition) is 7. The molecule has 1 aliphatic rings. The molecular weight excluding hydrogens is 368 g/mol. The van der Waals surface area contributed by atoms with Crippen LogP contribution in [0.1, 0.15) is 16.9 Å². The minimum Gasteiger partial charge on any atom is -0.497 e. The van der Waals surface area contributed by atoms with E-state index in [9.17, 15) is 4.79 Å². The van der Waals surface area contributed by atoms with Crippen molar-refractivity contribution in [2.45, 2.75) is 6.42 Å². The Bertz CT molecular complexity index is 771. The van der Waals surface area contributed by atoms with Crippen molar-refractivity contribution >= 4 is 17.4 Å². The SMILES string of the molecule is COc1ccc(N2CCN(c3cnc(C(=O)NCCCN(C)C)cn3)CC2)cc1. The second-order valence-electron chi connectivity index (χ2n) is 7.34. The largest absolute Gasteiger partial charge is 0.497 e. The van der Waals surface area contributed by atoms with Crippen LogP contribution in [-0.2, 0) is 0 Å². The van der Waals surface area contributed by atoms with Gasteiger partial charge >= 0.3 is 0 Å². The third-order valence-electron chi connectivity index (χ3n) is 4.98. The van der Waals surface area contributed by atoms with Crippen molar-refractivity contribution in [2.24, 2.45) is 0 Å². The van der Waals surface area contributed by atoms with Crippen molar-refractivity contribution in [3.8, 4) is 5.75 Å². The summed E-state index contributed by atoms with van der Waals surface area (Å²) in [7, 11) is 5.71. The standard InChI is InChI=1S/C21H30N6O2/c1-25(2)10-4-9-22-21(28)19-15-24-20(16-23-19)27-13-11-26(12-14-27)17-5-7-18(29-3)8-6-17/h5-8,15-16H,4,9-14H2,1-3H3,(H,22,28). The predicted octanol–water partition coefficient (Wildman–Crippen LogP) is 1.49. The van der Waals surface area contributed by atoms with Crippen LogP contribution in [-0.4, -0.2) is 81.2 Å². The molecule has 29 heavy (non-hydrogen) atoms. The first-order valence-corrected chi connectivity index (χ1v) is 9.96. The molecule has 1 fully saturated rings. The van der Waals surface area contributed by atoms with Crippen molar-refractivity contribution in [1.29, 1.82) is 0 Å². The van der Waals surface area contributed by atoms with Crippen molar-refractivity contribution in [3.05, 3.63) is 42.4 Å². The molecule has 156 valence electrons. The number of anilines is 2. The van der Waals surface area contributed by atoms with E-state index in [1.165, 1.54) is 5.69 Å². The van der Waals surface area contributed by atoms with E-state index in [2.05, 4.69) is 42.1 Å². The second kappa shape index (κ2) is 10.1. The number of hydrogen-bond donors (Lipinski definition) is 1. The lowest BCUT2D eigenvalue weighted by molar-refractivity contribution is 0.0947. The van der Waals surface area contributed by atoms with E-state index in [1.807, 2.05) is 26.2 Å². The Balaban J connectivity index is 1.48. The lowest BCUT2D eigenvalue weighted by Gasteiger charge is -2.36. The maximum atomic E-state index is 12.2. The average molecular weight is 399 g/mol. The molecule has 3 rings (SSSR count). The van der Waals surface area contributed by atoms with E-state index in [1.54, 1.807) is 19.5 Å². The molecule has 0 atom stereocenters. The molecule has 0 bridgehead atoms. The minimum atomic E-state index is -0.174. The number of nitrogens with zero attached hydrogens (tertiary/aromatic N) is 5. The molecular formula is C21H30N6O2. The average Bonchev–Trinajstić information content (AvgIpc) is 2.77. The highest BCUT2D eigenvalue weighted by Crippen LogP contribution is 2.21. The molecule has 2 aromatic rings. The van der Waals surface area contributed by atoms with Gasteiger partial charge in [0.15, 0.2) is 0 Å². The first-order valence-electron chi connectivity index (χ1n) is 9.96. The molecule has 1 amide bonds. The van der Waals surface area contributed by atoms with Gasteiger partial charge in [0.25, 0.3) is 5.91 Å². The van der Waals surface area contributed by atoms with E-state index < -0.39 is 0 Å². The Labute approximate surface area is 172 Å². The van der Waals surface area contributed by atoms with Gasteiger partial charge in [-0.2, -0.15) is 0 Å². The number of benzene rings is 1. The molecule has 1 saturated heterocycles. The maximum Gasteiger partial charge on any atom is 0.271 e. The molecule has 1 aliphatic heterocycles. The van der Waals surface area contributed by atoms with Gasteiger partial charge in [0, 0.05) is 38.4 Å². The van der Waals surface area contributed by atoms with Gasteiger partial charge in [-0.25, -0.2) is 9.97 Å². The molecule has 1 aromatic carbocycles. The lowest BCUT2D eigenvalue weighted by Crippen LogP contribution is -2.46. The molecule has 0 spiro atoms. The summed E-state index contributed by atoms with van der Waals surface area (Å²) >= 11 is 0. The van der Waals surface area contributed by atoms with Crippen molar-refractivity contribution in [3.63, 3.8) is 0 Å². The van der Waals surface area contributed by atoms with Crippen LogP contribution in [0.4, 0.5) is 11.5 Å². The fraction of sp³-hybridized carbons (Fsp3) is 0.476. The summed E-state index contributed by atoms with van der Waals surface area (Å²) in [5, 5.41) is 2.89. The number of nitrogens with one attached hydrogen (secondary N) is 1. The van der Waals surface area contributed by atoms with Gasteiger partial charge in [-0.15, -0.1) is 0 Å². The van der Waals surface area contributed by atoms with Crippen LogP contribution in [0.2, 0.25) is 0 Å². The van der Waals surface area contributed by atoms with Gasteiger partial charge in [0.05, 0.1) is 19.5 Å². The third-order valence-corrected chi connectivity index (χ3v) is 4.98. The number of carbonyl (C=O) groups is 1. The smallest absolute Gasteiger partial charge is 0.271 e. The Morgan fingerprint density at radius 3 is 2.34 bits per heavy atom. The second-order valence-corrected chi connectivity index (χ2v) is 7.34. The van der Waals surface area contributed by atoms with Crippen molar-refractivity contribution < 1.29 is 9.53 Å². The van der Waals surface area contributed by atoms with Gasteiger partial charge in [0.1, 0.15) is 17.3 Å². The Morgan fingerprint density at radius 1 is 1.07 bits per heavy atom. The molecule has 1 N–H and O–H groups in total. The number of ether oxygens (including phenoxy) is 1. The van der Waals surface area contributed by atoms with Crippen LogP contribution < -0.4 is 19.9 Å². The molecule has 8 nitrogen and oxygen atoms in total. The van der Waals surface area contributed by atoms with Crippen LogP contribution in [0.25, 0.3) is 0 Å². The Kier molecular flexibility index (Phi) is 7.24. The van der Waals surface area contributed by atoms with Crippen LogP contribution >= 0.6 is 0 Å². The molecule has 1 aromatic heterocycles. The maximum absolute atomic E-state index is 12.2. The fourth-order valence-electron chi connectivity index (χ4n) is 3.28. The zero-order chi connectivity index (χ0) is 20.6. The number of piperazine rings is 1. The normalized spacial score (nSPS) is 14.2. The van der Waals surface area contributed by atoms with Gasteiger partial charge in [0.2, 0.25) is 0 Å². The quantitative estimate of drug-likeness (QED) is 0.676. The number of carbonyl (C=O) groups excluding carboxylic acids is 1. The van der Waals surface area contributed by atoms with Crippen LogP contribution in [0, 0.1) is 0 Å². The monoisotopic (exact) mass is 398 g/mol. The summed E-state index contributed by atoms with van der Waals surface area (Å²) in [5.41, 5.74) is 1.55. The van der Waals surface area contributed by atoms with Gasteiger partial charge in [-0.1, -0.05) is 0 Å². The lowest BCUT2D eigenvalue weighted by atomic mass is 10.2. The highest BCUT2D eigenvalue weighted by Gasteiger charge is 2.19.